The van der Waals surface area contributed by atoms with Crippen molar-refractivity contribution in [1.82, 2.24) is 14.8 Å². The SMILES string of the molecule is Cc1nc(C(C)O)n(Cc2cc3ccccc3s2)n1. The lowest BCUT2D eigenvalue weighted by Gasteiger charge is -2.05. The van der Waals surface area contributed by atoms with Crippen molar-refractivity contribution in [1.29, 1.82) is 0 Å². The number of fused-ring (bicyclic) bond motifs is 1. The van der Waals surface area contributed by atoms with Crippen LogP contribution in [0.2, 0.25) is 0 Å². The lowest BCUT2D eigenvalue weighted by molar-refractivity contribution is 0.183. The van der Waals surface area contributed by atoms with Gasteiger partial charge in [0.25, 0.3) is 0 Å². The molecule has 1 atom stereocenters. The fraction of sp³-hybridized carbons (Fsp3) is 0.286. The molecule has 19 heavy (non-hydrogen) atoms. The van der Waals surface area contributed by atoms with Gasteiger partial charge in [-0.15, -0.1) is 11.3 Å². The Morgan fingerprint density at radius 1 is 1.37 bits per heavy atom. The number of rotatable bonds is 3. The third kappa shape index (κ3) is 2.39. The summed E-state index contributed by atoms with van der Waals surface area (Å²) < 4.78 is 3.05. The summed E-state index contributed by atoms with van der Waals surface area (Å²) in [4.78, 5) is 5.48. The summed E-state index contributed by atoms with van der Waals surface area (Å²) in [5, 5.41) is 15.3. The number of aromatic nitrogens is 3. The summed E-state index contributed by atoms with van der Waals surface area (Å²) in [6, 6.07) is 10.5. The van der Waals surface area contributed by atoms with Crippen LogP contribution in [0.25, 0.3) is 10.1 Å². The lowest BCUT2D eigenvalue weighted by Crippen LogP contribution is -2.08. The average Bonchev–Trinajstić information content (AvgIpc) is 2.92. The van der Waals surface area contributed by atoms with Crippen LogP contribution in [-0.4, -0.2) is 19.9 Å². The number of nitrogens with zero attached hydrogens (tertiary/aromatic N) is 3. The van der Waals surface area contributed by atoms with Gasteiger partial charge in [-0.2, -0.15) is 5.10 Å². The maximum atomic E-state index is 9.72. The minimum atomic E-state index is -0.601. The molecular formula is C14H15N3OS. The largest absolute Gasteiger partial charge is 0.385 e. The van der Waals surface area contributed by atoms with Crippen LogP contribution < -0.4 is 0 Å². The third-order valence-electron chi connectivity index (χ3n) is 2.96. The number of thiophene rings is 1. The molecule has 0 aliphatic carbocycles. The van der Waals surface area contributed by atoms with Crippen LogP contribution in [0.1, 0.15) is 29.6 Å². The van der Waals surface area contributed by atoms with E-state index < -0.39 is 6.10 Å². The van der Waals surface area contributed by atoms with Crippen molar-refractivity contribution in [2.24, 2.45) is 0 Å². The molecule has 3 rings (SSSR count). The molecule has 2 aromatic heterocycles. The molecule has 98 valence electrons. The van der Waals surface area contributed by atoms with Crippen LogP contribution in [-0.2, 0) is 6.54 Å². The van der Waals surface area contributed by atoms with Crippen LogP contribution in [0.4, 0.5) is 0 Å². The van der Waals surface area contributed by atoms with E-state index in [4.69, 9.17) is 0 Å². The first-order chi connectivity index (χ1) is 9.13. The lowest BCUT2D eigenvalue weighted by atomic mass is 10.2. The van der Waals surface area contributed by atoms with Crippen molar-refractivity contribution in [3.63, 3.8) is 0 Å². The van der Waals surface area contributed by atoms with Crippen LogP contribution in [0.15, 0.2) is 30.3 Å². The van der Waals surface area contributed by atoms with Gasteiger partial charge in [-0.3, -0.25) is 0 Å². The Hall–Kier alpha value is -1.72. The minimum absolute atomic E-state index is 0.601. The fourth-order valence-electron chi connectivity index (χ4n) is 2.16. The molecule has 4 nitrogen and oxygen atoms in total. The summed E-state index contributed by atoms with van der Waals surface area (Å²) in [5.74, 6) is 1.31. The Balaban J connectivity index is 1.96. The first-order valence-electron chi connectivity index (χ1n) is 6.20. The maximum Gasteiger partial charge on any atom is 0.156 e. The molecule has 0 saturated carbocycles. The van der Waals surface area contributed by atoms with Gasteiger partial charge in [0.1, 0.15) is 11.9 Å². The number of hydrogen-bond donors (Lipinski definition) is 1. The highest BCUT2D eigenvalue weighted by Crippen LogP contribution is 2.26. The van der Waals surface area contributed by atoms with Crippen molar-refractivity contribution in [3.05, 3.63) is 46.9 Å². The van der Waals surface area contributed by atoms with Gasteiger partial charge in [-0.25, -0.2) is 9.67 Å². The van der Waals surface area contributed by atoms with Gasteiger partial charge in [-0.05, 0) is 31.4 Å². The molecular weight excluding hydrogens is 258 g/mol. The molecule has 0 spiro atoms. The van der Waals surface area contributed by atoms with Crippen molar-refractivity contribution >= 4 is 21.4 Å². The molecule has 0 bridgehead atoms. The van der Waals surface area contributed by atoms with E-state index in [1.54, 1.807) is 22.9 Å². The molecule has 2 heterocycles. The molecule has 1 N–H and O–H groups in total. The van der Waals surface area contributed by atoms with Crippen LogP contribution >= 0.6 is 11.3 Å². The predicted octanol–water partition coefficient (Wildman–Crippen LogP) is 2.90. The van der Waals surface area contributed by atoms with Crippen molar-refractivity contribution in [3.8, 4) is 0 Å². The van der Waals surface area contributed by atoms with Crippen LogP contribution in [0, 0.1) is 6.92 Å². The topological polar surface area (TPSA) is 50.9 Å². The van der Waals surface area contributed by atoms with E-state index in [9.17, 15) is 5.11 Å². The van der Waals surface area contributed by atoms with Crippen LogP contribution in [0.5, 0.6) is 0 Å². The molecule has 3 aromatic rings. The first-order valence-corrected chi connectivity index (χ1v) is 7.02. The van der Waals surface area contributed by atoms with Gasteiger partial charge >= 0.3 is 0 Å². The summed E-state index contributed by atoms with van der Waals surface area (Å²) in [6.45, 7) is 4.21. The number of hydrogen-bond acceptors (Lipinski definition) is 4. The molecule has 0 amide bonds. The highest BCUT2D eigenvalue weighted by molar-refractivity contribution is 7.19. The van der Waals surface area contributed by atoms with Crippen molar-refractivity contribution < 1.29 is 5.11 Å². The smallest absolute Gasteiger partial charge is 0.156 e. The van der Waals surface area contributed by atoms with Crippen LogP contribution in [0.3, 0.4) is 0 Å². The van der Waals surface area contributed by atoms with Gasteiger partial charge in [0.05, 0.1) is 6.54 Å². The molecule has 0 saturated heterocycles. The van der Waals surface area contributed by atoms with Gasteiger partial charge in [0.2, 0.25) is 0 Å². The normalized spacial score (nSPS) is 13.0. The summed E-state index contributed by atoms with van der Waals surface area (Å²) in [6.07, 6.45) is -0.601. The minimum Gasteiger partial charge on any atom is -0.385 e. The average molecular weight is 273 g/mol. The Kier molecular flexibility index (Phi) is 3.08. The molecule has 0 fully saturated rings. The molecule has 0 aliphatic heterocycles. The summed E-state index contributed by atoms with van der Waals surface area (Å²) >= 11 is 1.75. The van der Waals surface area contributed by atoms with Crippen molar-refractivity contribution in [2.75, 3.05) is 0 Å². The second kappa shape index (κ2) is 4.75. The number of benzene rings is 1. The fourth-order valence-corrected chi connectivity index (χ4v) is 3.21. The zero-order valence-corrected chi connectivity index (χ0v) is 11.7. The maximum absolute atomic E-state index is 9.72. The monoisotopic (exact) mass is 273 g/mol. The molecule has 0 aliphatic rings. The third-order valence-corrected chi connectivity index (χ3v) is 4.06. The van der Waals surface area contributed by atoms with Gasteiger partial charge in [0.15, 0.2) is 5.82 Å². The van der Waals surface area contributed by atoms with E-state index >= 15 is 0 Å². The second-order valence-corrected chi connectivity index (χ2v) is 5.77. The van der Waals surface area contributed by atoms with Gasteiger partial charge in [0, 0.05) is 9.58 Å². The Bertz CT molecular complexity index is 681. The first kappa shape index (κ1) is 12.3. The molecule has 1 unspecified atom stereocenters. The van der Waals surface area contributed by atoms with E-state index in [0.717, 1.165) is 0 Å². The van der Waals surface area contributed by atoms with E-state index in [2.05, 4.69) is 28.3 Å². The summed E-state index contributed by atoms with van der Waals surface area (Å²) in [5.41, 5.74) is 0. The Labute approximate surface area is 115 Å². The van der Waals surface area contributed by atoms with Gasteiger partial charge < -0.3 is 5.11 Å². The molecule has 1 aromatic carbocycles. The van der Waals surface area contributed by atoms with E-state index in [1.807, 2.05) is 19.1 Å². The number of aryl methyl sites for hydroxylation is 1. The van der Waals surface area contributed by atoms with E-state index in [1.165, 1.54) is 15.0 Å². The zero-order chi connectivity index (χ0) is 13.4. The highest BCUT2D eigenvalue weighted by atomic mass is 32.1. The Morgan fingerprint density at radius 3 is 2.89 bits per heavy atom. The standard InChI is InChI=1S/C14H15N3OS/c1-9(18)14-15-10(2)16-17(14)8-12-7-11-5-3-4-6-13(11)19-12/h3-7,9,18H,8H2,1-2H3. The number of aliphatic hydroxyl groups is 1. The van der Waals surface area contributed by atoms with E-state index in [-0.39, 0.29) is 0 Å². The molecule has 0 radical (unpaired) electrons. The highest BCUT2D eigenvalue weighted by Gasteiger charge is 2.13. The number of aliphatic hydroxyl groups excluding tert-OH is 1. The summed E-state index contributed by atoms with van der Waals surface area (Å²) in [7, 11) is 0. The second-order valence-electron chi connectivity index (χ2n) is 4.60. The molecule has 5 heteroatoms. The van der Waals surface area contributed by atoms with E-state index in [0.29, 0.717) is 18.2 Å². The Morgan fingerprint density at radius 2 is 2.16 bits per heavy atom. The van der Waals surface area contributed by atoms with Gasteiger partial charge in [-0.1, -0.05) is 18.2 Å². The quantitative estimate of drug-likeness (QED) is 0.798. The zero-order valence-electron chi connectivity index (χ0n) is 10.9. The predicted molar refractivity (Wildman–Crippen MR) is 76.3 cm³/mol. The van der Waals surface area contributed by atoms with Crippen molar-refractivity contribution in [2.45, 2.75) is 26.5 Å².